The Hall–Kier alpha value is -1.80. The van der Waals surface area contributed by atoms with Crippen molar-refractivity contribution < 1.29 is 0 Å². The first-order valence-corrected chi connectivity index (χ1v) is 6.30. The Morgan fingerprint density at radius 1 is 0.667 bits per heavy atom. The molecule has 0 aliphatic heterocycles. The van der Waals surface area contributed by atoms with Crippen molar-refractivity contribution in [2.75, 3.05) is 32.1 Å². The minimum atomic E-state index is 0.987. The van der Waals surface area contributed by atoms with Crippen molar-refractivity contribution in [3.63, 3.8) is 0 Å². The summed E-state index contributed by atoms with van der Waals surface area (Å²) in [6, 6.07) is 21.1. The van der Waals surface area contributed by atoms with Crippen molar-refractivity contribution >= 4 is 11.4 Å². The van der Waals surface area contributed by atoms with Gasteiger partial charge in [-0.1, -0.05) is 36.4 Å². The quantitative estimate of drug-likeness (QED) is 0.790. The fourth-order valence-electron chi connectivity index (χ4n) is 1.92. The average molecular weight is 240 g/mol. The molecule has 0 radical (unpaired) electrons. The third-order valence-corrected chi connectivity index (χ3v) is 2.91. The highest BCUT2D eigenvalue weighted by atomic mass is 15.2. The van der Waals surface area contributed by atoms with E-state index < -0.39 is 0 Å². The molecule has 2 nitrogen and oxygen atoms in total. The van der Waals surface area contributed by atoms with Crippen LogP contribution in [0, 0.1) is 0 Å². The Morgan fingerprint density at radius 3 is 1.50 bits per heavy atom. The summed E-state index contributed by atoms with van der Waals surface area (Å²) in [7, 11) is 4.21. The molecule has 2 rings (SSSR count). The first-order chi connectivity index (χ1) is 8.77. The van der Waals surface area contributed by atoms with Crippen LogP contribution < -0.4 is 4.90 Å². The van der Waals surface area contributed by atoms with E-state index in [9.17, 15) is 0 Å². The van der Waals surface area contributed by atoms with Gasteiger partial charge in [-0.15, -0.1) is 0 Å². The first-order valence-electron chi connectivity index (χ1n) is 6.30. The molecular weight excluding hydrogens is 220 g/mol. The largest absolute Gasteiger partial charge is 0.340 e. The maximum atomic E-state index is 2.35. The lowest BCUT2D eigenvalue weighted by Gasteiger charge is -2.26. The predicted molar refractivity (Wildman–Crippen MR) is 78.4 cm³/mol. The average Bonchev–Trinajstić information content (AvgIpc) is 2.41. The third kappa shape index (κ3) is 3.34. The molecule has 0 atom stereocenters. The molecule has 0 fully saturated rings. The van der Waals surface area contributed by atoms with Crippen LogP contribution >= 0.6 is 0 Å². The fourth-order valence-corrected chi connectivity index (χ4v) is 1.92. The van der Waals surface area contributed by atoms with E-state index in [-0.39, 0.29) is 0 Å². The van der Waals surface area contributed by atoms with Crippen LogP contribution in [-0.2, 0) is 0 Å². The summed E-state index contributed by atoms with van der Waals surface area (Å²) in [5, 5.41) is 0. The molecule has 0 bridgehead atoms. The van der Waals surface area contributed by atoms with Gasteiger partial charge in [0, 0.05) is 24.5 Å². The van der Waals surface area contributed by atoms with E-state index in [0.29, 0.717) is 0 Å². The molecule has 0 aromatic heterocycles. The number of benzene rings is 2. The van der Waals surface area contributed by atoms with Crippen LogP contribution in [0.3, 0.4) is 0 Å². The summed E-state index contributed by atoms with van der Waals surface area (Å²) in [4.78, 5) is 4.55. The molecule has 94 valence electrons. The highest BCUT2D eigenvalue weighted by molar-refractivity contribution is 5.62. The molecule has 2 aromatic carbocycles. The van der Waals surface area contributed by atoms with E-state index in [2.05, 4.69) is 84.6 Å². The molecular formula is C16H20N2. The SMILES string of the molecule is CN(C)CCN(c1ccccc1)c1ccccc1. The lowest BCUT2D eigenvalue weighted by atomic mass is 10.2. The van der Waals surface area contributed by atoms with Crippen molar-refractivity contribution in [1.82, 2.24) is 4.90 Å². The molecule has 0 saturated heterocycles. The lowest BCUT2D eigenvalue weighted by molar-refractivity contribution is 0.419. The van der Waals surface area contributed by atoms with E-state index in [4.69, 9.17) is 0 Å². The van der Waals surface area contributed by atoms with Crippen molar-refractivity contribution in [2.24, 2.45) is 0 Å². The van der Waals surface area contributed by atoms with E-state index in [1.165, 1.54) is 11.4 Å². The molecule has 0 saturated carbocycles. The Labute approximate surface area is 109 Å². The summed E-state index contributed by atoms with van der Waals surface area (Å²) >= 11 is 0. The Morgan fingerprint density at radius 2 is 1.11 bits per heavy atom. The number of hydrogen-bond donors (Lipinski definition) is 0. The monoisotopic (exact) mass is 240 g/mol. The van der Waals surface area contributed by atoms with Gasteiger partial charge in [0.05, 0.1) is 0 Å². The second-order valence-electron chi connectivity index (χ2n) is 4.63. The van der Waals surface area contributed by atoms with Gasteiger partial charge in [0.1, 0.15) is 0 Å². The number of para-hydroxylation sites is 2. The van der Waals surface area contributed by atoms with Gasteiger partial charge >= 0.3 is 0 Å². The molecule has 2 aromatic rings. The van der Waals surface area contributed by atoms with Gasteiger partial charge in [0.25, 0.3) is 0 Å². The van der Waals surface area contributed by atoms with Crippen molar-refractivity contribution in [2.45, 2.75) is 0 Å². The summed E-state index contributed by atoms with van der Waals surface area (Å²) in [6.45, 7) is 2.02. The van der Waals surface area contributed by atoms with Gasteiger partial charge in [-0.05, 0) is 38.4 Å². The van der Waals surface area contributed by atoms with E-state index in [1.54, 1.807) is 0 Å². The van der Waals surface area contributed by atoms with Gasteiger partial charge in [-0.25, -0.2) is 0 Å². The normalized spacial score (nSPS) is 10.6. The van der Waals surface area contributed by atoms with E-state index in [1.807, 2.05) is 0 Å². The van der Waals surface area contributed by atoms with Crippen LogP contribution in [0.25, 0.3) is 0 Å². The minimum absolute atomic E-state index is 0.987. The fraction of sp³-hybridized carbons (Fsp3) is 0.250. The molecule has 0 unspecified atom stereocenters. The molecule has 0 aliphatic carbocycles. The number of nitrogens with zero attached hydrogens (tertiary/aromatic N) is 2. The summed E-state index contributed by atoms with van der Waals surface area (Å²) < 4.78 is 0. The second-order valence-corrected chi connectivity index (χ2v) is 4.63. The maximum Gasteiger partial charge on any atom is 0.0411 e. The van der Waals surface area contributed by atoms with Gasteiger partial charge in [-0.2, -0.15) is 0 Å². The van der Waals surface area contributed by atoms with Crippen LogP contribution in [0.4, 0.5) is 11.4 Å². The second kappa shape index (κ2) is 6.22. The van der Waals surface area contributed by atoms with Gasteiger partial charge < -0.3 is 9.80 Å². The van der Waals surface area contributed by atoms with Gasteiger partial charge in [-0.3, -0.25) is 0 Å². The highest BCUT2D eigenvalue weighted by Gasteiger charge is 2.08. The van der Waals surface area contributed by atoms with Crippen molar-refractivity contribution in [1.29, 1.82) is 0 Å². The smallest absolute Gasteiger partial charge is 0.0411 e. The Kier molecular flexibility index (Phi) is 4.37. The highest BCUT2D eigenvalue weighted by Crippen LogP contribution is 2.24. The Balaban J connectivity index is 2.24. The van der Waals surface area contributed by atoms with Crippen LogP contribution in [0.2, 0.25) is 0 Å². The van der Waals surface area contributed by atoms with Crippen molar-refractivity contribution in [3.8, 4) is 0 Å². The van der Waals surface area contributed by atoms with Gasteiger partial charge in [0.15, 0.2) is 0 Å². The van der Waals surface area contributed by atoms with E-state index in [0.717, 1.165) is 13.1 Å². The molecule has 0 amide bonds. The molecule has 0 spiro atoms. The molecule has 0 aliphatic rings. The predicted octanol–water partition coefficient (Wildman–Crippen LogP) is 3.39. The number of anilines is 2. The molecule has 2 heteroatoms. The standard InChI is InChI=1S/C16H20N2/c1-17(2)13-14-18(15-9-5-3-6-10-15)16-11-7-4-8-12-16/h3-12H,13-14H2,1-2H3. The summed E-state index contributed by atoms with van der Waals surface area (Å²) in [5.74, 6) is 0. The third-order valence-electron chi connectivity index (χ3n) is 2.91. The first kappa shape index (κ1) is 12.7. The molecule has 0 heterocycles. The van der Waals surface area contributed by atoms with Crippen LogP contribution in [0.15, 0.2) is 60.7 Å². The maximum absolute atomic E-state index is 2.35. The van der Waals surface area contributed by atoms with Crippen LogP contribution in [0.1, 0.15) is 0 Å². The Bertz CT molecular complexity index is 412. The van der Waals surface area contributed by atoms with Crippen LogP contribution in [0.5, 0.6) is 0 Å². The topological polar surface area (TPSA) is 6.48 Å². The minimum Gasteiger partial charge on any atom is -0.340 e. The van der Waals surface area contributed by atoms with E-state index >= 15 is 0 Å². The molecule has 0 N–H and O–H groups in total. The number of hydrogen-bond acceptors (Lipinski definition) is 2. The number of rotatable bonds is 5. The molecule has 18 heavy (non-hydrogen) atoms. The lowest BCUT2D eigenvalue weighted by Crippen LogP contribution is -2.28. The zero-order valence-corrected chi connectivity index (χ0v) is 11.1. The van der Waals surface area contributed by atoms with Gasteiger partial charge in [0.2, 0.25) is 0 Å². The summed E-state index contributed by atoms with van der Waals surface area (Å²) in [5.41, 5.74) is 2.48. The zero-order chi connectivity index (χ0) is 12.8. The van der Waals surface area contributed by atoms with Crippen LogP contribution in [-0.4, -0.2) is 32.1 Å². The zero-order valence-electron chi connectivity index (χ0n) is 11.1. The summed E-state index contributed by atoms with van der Waals surface area (Å²) in [6.07, 6.45) is 0. The number of likely N-dealkylation sites (N-methyl/N-ethyl adjacent to an activating group) is 1. The van der Waals surface area contributed by atoms with Crippen molar-refractivity contribution in [3.05, 3.63) is 60.7 Å².